The zero-order valence-electron chi connectivity index (χ0n) is 12.6. The molecule has 1 saturated heterocycles. The molecule has 0 bridgehead atoms. The van der Waals surface area contributed by atoms with Crippen LogP contribution in [0.1, 0.15) is 29.9 Å². The number of esters is 1. The van der Waals surface area contributed by atoms with E-state index in [0.717, 1.165) is 31.8 Å². The third kappa shape index (κ3) is 3.41. The van der Waals surface area contributed by atoms with Crippen molar-refractivity contribution in [3.8, 4) is 0 Å². The molecule has 0 aliphatic carbocycles. The Morgan fingerprint density at radius 3 is 3.00 bits per heavy atom. The number of carbonyl (C=O) groups is 1. The summed E-state index contributed by atoms with van der Waals surface area (Å²) in [5.74, 6) is -0.252. The van der Waals surface area contributed by atoms with E-state index in [2.05, 4.69) is 11.8 Å². The first-order chi connectivity index (χ1) is 9.65. The molecule has 1 aromatic rings. The van der Waals surface area contributed by atoms with Crippen LogP contribution in [0, 0.1) is 6.92 Å². The maximum absolute atomic E-state index is 12.0. The summed E-state index contributed by atoms with van der Waals surface area (Å²) < 4.78 is 12.9. The second-order valence-corrected chi connectivity index (χ2v) is 5.11. The van der Waals surface area contributed by atoms with Gasteiger partial charge >= 0.3 is 5.97 Å². The Bertz CT molecular complexity index is 456. The van der Waals surface area contributed by atoms with Gasteiger partial charge in [-0.2, -0.15) is 0 Å². The summed E-state index contributed by atoms with van der Waals surface area (Å²) in [7, 11) is 0. The molecule has 0 N–H and O–H groups in total. The Morgan fingerprint density at radius 1 is 1.50 bits per heavy atom. The molecule has 1 unspecified atom stereocenters. The number of ether oxygens (including phenoxy) is 2. The van der Waals surface area contributed by atoms with Gasteiger partial charge in [-0.15, -0.1) is 0 Å². The summed E-state index contributed by atoms with van der Waals surface area (Å²) in [5, 5.41) is 0. The van der Waals surface area contributed by atoms with E-state index < -0.39 is 0 Å². The van der Waals surface area contributed by atoms with Gasteiger partial charge < -0.3 is 14.0 Å². The van der Waals surface area contributed by atoms with Gasteiger partial charge in [-0.05, 0) is 32.0 Å². The lowest BCUT2D eigenvalue weighted by molar-refractivity contribution is -0.0346. The van der Waals surface area contributed by atoms with E-state index in [1.54, 1.807) is 0 Å². The monoisotopic (exact) mass is 280 g/mol. The van der Waals surface area contributed by atoms with Crippen LogP contribution >= 0.6 is 0 Å². The lowest BCUT2D eigenvalue weighted by atomic mass is 10.2. The van der Waals surface area contributed by atoms with Crippen LogP contribution in [0.3, 0.4) is 0 Å². The molecule has 0 aromatic carbocycles. The fourth-order valence-corrected chi connectivity index (χ4v) is 2.61. The molecule has 5 heteroatoms. The minimum atomic E-state index is -0.252. The Kier molecular flexibility index (Phi) is 5.20. The van der Waals surface area contributed by atoms with E-state index in [9.17, 15) is 4.79 Å². The molecule has 1 aliphatic rings. The number of hydrogen-bond acceptors (Lipinski definition) is 4. The third-order valence-corrected chi connectivity index (χ3v) is 3.70. The Balaban J connectivity index is 2.07. The van der Waals surface area contributed by atoms with Crippen molar-refractivity contribution < 1.29 is 14.3 Å². The van der Waals surface area contributed by atoms with Crippen LogP contribution in [-0.4, -0.2) is 54.4 Å². The van der Waals surface area contributed by atoms with Crippen LogP contribution in [0.2, 0.25) is 0 Å². The SMILES string of the molecule is CCOC(=O)c1c(C)ccn1CC1CN(CC)CCO1. The highest BCUT2D eigenvalue weighted by Crippen LogP contribution is 2.15. The van der Waals surface area contributed by atoms with Gasteiger partial charge in [0, 0.05) is 19.3 Å². The molecule has 2 rings (SSSR count). The second kappa shape index (κ2) is 6.90. The molecule has 0 spiro atoms. The summed E-state index contributed by atoms with van der Waals surface area (Å²) in [6, 6.07) is 1.95. The molecule has 0 saturated carbocycles. The molecule has 112 valence electrons. The van der Waals surface area contributed by atoms with Gasteiger partial charge in [-0.1, -0.05) is 6.92 Å². The van der Waals surface area contributed by atoms with Crippen molar-refractivity contribution in [3.05, 3.63) is 23.5 Å². The standard InChI is InChI=1S/C15H24N2O3/c1-4-16-8-9-20-13(10-16)11-17-7-6-12(3)14(17)15(18)19-5-2/h6-7,13H,4-5,8-11H2,1-3H3. The highest BCUT2D eigenvalue weighted by molar-refractivity contribution is 5.89. The predicted molar refractivity (Wildman–Crippen MR) is 77.0 cm³/mol. The summed E-state index contributed by atoms with van der Waals surface area (Å²) in [6.07, 6.45) is 2.07. The van der Waals surface area contributed by atoms with Crippen LogP contribution in [0.5, 0.6) is 0 Å². The fourth-order valence-electron chi connectivity index (χ4n) is 2.61. The lowest BCUT2D eigenvalue weighted by Gasteiger charge is -2.32. The number of rotatable bonds is 5. The summed E-state index contributed by atoms with van der Waals surface area (Å²) in [5.41, 5.74) is 1.59. The summed E-state index contributed by atoms with van der Waals surface area (Å²) in [4.78, 5) is 14.4. The number of morpholine rings is 1. The van der Waals surface area contributed by atoms with E-state index in [4.69, 9.17) is 9.47 Å². The molecular weight excluding hydrogens is 256 g/mol. The van der Waals surface area contributed by atoms with E-state index in [0.29, 0.717) is 18.8 Å². The van der Waals surface area contributed by atoms with Gasteiger partial charge in [0.1, 0.15) is 5.69 Å². The highest BCUT2D eigenvalue weighted by atomic mass is 16.5. The van der Waals surface area contributed by atoms with Gasteiger partial charge in [0.2, 0.25) is 0 Å². The molecule has 1 atom stereocenters. The highest BCUT2D eigenvalue weighted by Gasteiger charge is 2.23. The van der Waals surface area contributed by atoms with Crippen LogP contribution in [0.15, 0.2) is 12.3 Å². The lowest BCUT2D eigenvalue weighted by Crippen LogP contribution is -2.44. The number of hydrogen-bond donors (Lipinski definition) is 0. The first kappa shape index (κ1) is 15.1. The van der Waals surface area contributed by atoms with Crippen molar-refractivity contribution in [1.29, 1.82) is 0 Å². The fraction of sp³-hybridized carbons (Fsp3) is 0.667. The predicted octanol–water partition coefficient (Wildman–Crippen LogP) is 1.69. The average Bonchev–Trinajstić information content (AvgIpc) is 2.80. The van der Waals surface area contributed by atoms with Gasteiger partial charge in [0.15, 0.2) is 0 Å². The van der Waals surface area contributed by atoms with Crippen LogP contribution in [0.4, 0.5) is 0 Å². The average molecular weight is 280 g/mol. The number of likely N-dealkylation sites (N-methyl/N-ethyl adjacent to an activating group) is 1. The van der Waals surface area contributed by atoms with Crippen molar-refractivity contribution in [2.24, 2.45) is 0 Å². The number of carbonyl (C=O) groups excluding carboxylic acids is 1. The molecule has 20 heavy (non-hydrogen) atoms. The minimum Gasteiger partial charge on any atom is -0.461 e. The van der Waals surface area contributed by atoms with E-state index in [1.165, 1.54) is 0 Å². The maximum atomic E-state index is 12.0. The smallest absolute Gasteiger partial charge is 0.355 e. The topological polar surface area (TPSA) is 43.7 Å². The molecule has 1 aliphatic heterocycles. The number of aromatic nitrogens is 1. The van der Waals surface area contributed by atoms with Crippen molar-refractivity contribution in [3.63, 3.8) is 0 Å². The first-order valence-corrected chi connectivity index (χ1v) is 7.32. The molecule has 2 heterocycles. The normalized spacial score (nSPS) is 20.1. The summed E-state index contributed by atoms with van der Waals surface area (Å²) in [6.45, 7) is 10.7. The largest absolute Gasteiger partial charge is 0.461 e. The first-order valence-electron chi connectivity index (χ1n) is 7.32. The zero-order valence-corrected chi connectivity index (χ0v) is 12.6. The van der Waals surface area contributed by atoms with Crippen molar-refractivity contribution in [2.45, 2.75) is 33.4 Å². The second-order valence-electron chi connectivity index (χ2n) is 5.11. The molecule has 0 amide bonds. The van der Waals surface area contributed by atoms with E-state index in [1.807, 2.05) is 30.7 Å². The van der Waals surface area contributed by atoms with Crippen molar-refractivity contribution in [2.75, 3.05) is 32.8 Å². The quantitative estimate of drug-likeness (QED) is 0.770. The molecule has 1 fully saturated rings. The van der Waals surface area contributed by atoms with Gasteiger partial charge in [0.05, 0.1) is 25.9 Å². The van der Waals surface area contributed by atoms with Crippen LogP contribution < -0.4 is 0 Å². The van der Waals surface area contributed by atoms with Crippen LogP contribution in [0.25, 0.3) is 0 Å². The molecular formula is C15H24N2O3. The van der Waals surface area contributed by atoms with Crippen molar-refractivity contribution >= 4 is 5.97 Å². The Labute approximate surface area is 120 Å². The van der Waals surface area contributed by atoms with Gasteiger partial charge in [-0.3, -0.25) is 4.90 Å². The van der Waals surface area contributed by atoms with Gasteiger partial charge in [0.25, 0.3) is 0 Å². The van der Waals surface area contributed by atoms with E-state index >= 15 is 0 Å². The molecule has 5 nitrogen and oxygen atoms in total. The third-order valence-electron chi connectivity index (χ3n) is 3.70. The molecule has 1 aromatic heterocycles. The zero-order chi connectivity index (χ0) is 14.5. The Morgan fingerprint density at radius 2 is 2.30 bits per heavy atom. The minimum absolute atomic E-state index is 0.128. The number of nitrogens with zero attached hydrogens (tertiary/aromatic N) is 2. The van der Waals surface area contributed by atoms with Crippen LogP contribution in [-0.2, 0) is 16.0 Å². The summed E-state index contributed by atoms with van der Waals surface area (Å²) >= 11 is 0. The maximum Gasteiger partial charge on any atom is 0.355 e. The number of aryl methyl sites for hydroxylation is 1. The van der Waals surface area contributed by atoms with Gasteiger partial charge in [-0.25, -0.2) is 4.79 Å². The Hall–Kier alpha value is -1.33. The van der Waals surface area contributed by atoms with E-state index in [-0.39, 0.29) is 12.1 Å². The van der Waals surface area contributed by atoms with Crippen molar-refractivity contribution in [1.82, 2.24) is 9.47 Å². The molecule has 0 radical (unpaired) electrons.